The highest BCUT2D eigenvalue weighted by atomic mass is 32.2. The SMILES string of the molecule is C[C@@H]1C[C@H](C)CN(S(=O)(=O)c2ccc3c(c2)N(CC(=O)NCCCSC2CCCCC2)C(=O)CO3)C1. The Labute approximate surface area is 219 Å². The van der Waals surface area contributed by atoms with Crippen molar-refractivity contribution < 1.29 is 22.7 Å². The predicted octanol–water partition coefficient (Wildman–Crippen LogP) is 3.65. The second kappa shape index (κ2) is 12.2. The van der Waals surface area contributed by atoms with Crippen LogP contribution in [0.1, 0.15) is 58.8 Å². The lowest BCUT2D eigenvalue weighted by atomic mass is 9.94. The van der Waals surface area contributed by atoms with E-state index < -0.39 is 10.0 Å². The third-order valence-electron chi connectivity index (χ3n) is 7.20. The molecular weight excluding hydrogens is 498 g/mol. The van der Waals surface area contributed by atoms with Crippen LogP contribution in [0.25, 0.3) is 0 Å². The van der Waals surface area contributed by atoms with Crippen LogP contribution in [0.15, 0.2) is 23.1 Å². The molecule has 3 aliphatic rings. The molecule has 1 saturated heterocycles. The lowest BCUT2D eigenvalue weighted by Gasteiger charge is -2.34. The highest BCUT2D eigenvalue weighted by Crippen LogP contribution is 2.36. The molecule has 1 aliphatic carbocycles. The van der Waals surface area contributed by atoms with Crippen molar-refractivity contribution >= 4 is 39.3 Å². The number of hydrogen-bond acceptors (Lipinski definition) is 6. The predicted molar refractivity (Wildman–Crippen MR) is 143 cm³/mol. The summed E-state index contributed by atoms with van der Waals surface area (Å²) in [6.45, 7) is 5.30. The summed E-state index contributed by atoms with van der Waals surface area (Å²) in [5.41, 5.74) is 0.327. The number of nitrogens with one attached hydrogen (secondary N) is 1. The zero-order chi connectivity index (χ0) is 25.7. The van der Waals surface area contributed by atoms with E-state index >= 15 is 0 Å². The second-order valence-electron chi connectivity index (χ2n) is 10.5. The van der Waals surface area contributed by atoms with Crippen LogP contribution in [0, 0.1) is 11.8 Å². The van der Waals surface area contributed by atoms with Crippen LogP contribution in [0.5, 0.6) is 5.75 Å². The Morgan fingerprint density at radius 1 is 1.14 bits per heavy atom. The van der Waals surface area contributed by atoms with E-state index in [2.05, 4.69) is 19.2 Å². The van der Waals surface area contributed by atoms with E-state index in [1.165, 1.54) is 53.4 Å². The average Bonchev–Trinajstić information content (AvgIpc) is 2.85. The van der Waals surface area contributed by atoms with Crippen molar-refractivity contribution in [3.63, 3.8) is 0 Å². The quantitative estimate of drug-likeness (QED) is 0.483. The first-order chi connectivity index (χ1) is 17.2. The molecule has 1 aromatic rings. The van der Waals surface area contributed by atoms with E-state index in [9.17, 15) is 18.0 Å². The number of carbonyl (C=O) groups excluding carboxylic acids is 2. The number of thioether (sulfide) groups is 1. The first kappa shape index (κ1) is 27.3. The Hall–Kier alpha value is -1.78. The van der Waals surface area contributed by atoms with Crippen LogP contribution >= 0.6 is 11.8 Å². The van der Waals surface area contributed by atoms with Gasteiger partial charge in [-0.1, -0.05) is 33.1 Å². The van der Waals surface area contributed by atoms with Crippen LogP contribution in [0.4, 0.5) is 5.69 Å². The van der Waals surface area contributed by atoms with Crippen molar-refractivity contribution in [3.8, 4) is 5.75 Å². The fourth-order valence-electron chi connectivity index (χ4n) is 5.45. The van der Waals surface area contributed by atoms with Crippen LogP contribution in [-0.4, -0.2) is 68.3 Å². The number of hydrogen-bond donors (Lipinski definition) is 1. The van der Waals surface area contributed by atoms with Crippen LogP contribution in [0.3, 0.4) is 0 Å². The highest BCUT2D eigenvalue weighted by molar-refractivity contribution is 7.99. The second-order valence-corrected chi connectivity index (χ2v) is 13.8. The van der Waals surface area contributed by atoms with E-state index in [0.29, 0.717) is 31.1 Å². The van der Waals surface area contributed by atoms with Gasteiger partial charge in [0.2, 0.25) is 15.9 Å². The molecule has 2 atom stereocenters. The van der Waals surface area contributed by atoms with Crippen molar-refractivity contribution in [2.24, 2.45) is 11.8 Å². The number of anilines is 1. The maximum atomic E-state index is 13.4. The molecule has 8 nitrogen and oxygen atoms in total. The molecule has 0 unspecified atom stereocenters. The molecule has 2 fully saturated rings. The maximum absolute atomic E-state index is 13.4. The van der Waals surface area contributed by atoms with Gasteiger partial charge in [0.05, 0.1) is 10.6 Å². The third kappa shape index (κ3) is 6.75. The van der Waals surface area contributed by atoms with E-state index in [1.54, 1.807) is 6.07 Å². The number of fused-ring (bicyclic) bond motifs is 1. The Morgan fingerprint density at radius 3 is 2.58 bits per heavy atom. The van der Waals surface area contributed by atoms with Crippen molar-refractivity contribution in [2.75, 3.05) is 43.4 Å². The zero-order valence-corrected chi connectivity index (χ0v) is 23.0. The van der Waals surface area contributed by atoms with Gasteiger partial charge in [-0.2, -0.15) is 16.1 Å². The minimum absolute atomic E-state index is 0.117. The number of rotatable bonds is 9. The molecule has 1 N–H and O–H groups in total. The monoisotopic (exact) mass is 537 g/mol. The lowest BCUT2D eigenvalue weighted by molar-refractivity contribution is -0.125. The van der Waals surface area contributed by atoms with Gasteiger partial charge in [0.15, 0.2) is 6.61 Å². The fourth-order valence-corrected chi connectivity index (χ4v) is 8.46. The smallest absolute Gasteiger partial charge is 0.265 e. The summed E-state index contributed by atoms with van der Waals surface area (Å²) >= 11 is 2.00. The van der Waals surface area contributed by atoms with Gasteiger partial charge in [-0.05, 0) is 61.5 Å². The minimum Gasteiger partial charge on any atom is -0.482 e. The summed E-state index contributed by atoms with van der Waals surface area (Å²) in [6.07, 6.45) is 8.47. The largest absolute Gasteiger partial charge is 0.482 e. The van der Waals surface area contributed by atoms with Gasteiger partial charge in [-0.15, -0.1) is 0 Å². The molecule has 36 heavy (non-hydrogen) atoms. The Kier molecular flexibility index (Phi) is 9.22. The lowest BCUT2D eigenvalue weighted by Crippen LogP contribution is -2.45. The Balaban J connectivity index is 1.37. The van der Waals surface area contributed by atoms with E-state index in [0.717, 1.165) is 23.8 Å². The van der Waals surface area contributed by atoms with Gasteiger partial charge in [0.25, 0.3) is 5.91 Å². The molecule has 200 valence electrons. The van der Waals surface area contributed by atoms with Crippen molar-refractivity contribution in [1.82, 2.24) is 9.62 Å². The zero-order valence-electron chi connectivity index (χ0n) is 21.4. The molecule has 0 radical (unpaired) electrons. The van der Waals surface area contributed by atoms with Crippen LogP contribution in [-0.2, 0) is 19.6 Å². The normalized spacial score (nSPS) is 23.7. The van der Waals surface area contributed by atoms with Gasteiger partial charge in [0, 0.05) is 24.9 Å². The van der Waals surface area contributed by atoms with Gasteiger partial charge in [-0.3, -0.25) is 14.5 Å². The van der Waals surface area contributed by atoms with Gasteiger partial charge in [0.1, 0.15) is 12.3 Å². The summed E-state index contributed by atoms with van der Waals surface area (Å²) in [7, 11) is -3.72. The minimum atomic E-state index is -3.72. The summed E-state index contributed by atoms with van der Waals surface area (Å²) in [5.74, 6) is 1.37. The van der Waals surface area contributed by atoms with Gasteiger partial charge >= 0.3 is 0 Å². The molecule has 2 amide bonds. The summed E-state index contributed by atoms with van der Waals surface area (Å²) in [4.78, 5) is 26.8. The number of carbonyl (C=O) groups is 2. The maximum Gasteiger partial charge on any atom is 0.265 e. The third-order valence-corrected chi connectivity index (χ3v) is 10.5. The number of piperidine rings is 1. The van der Waals surface area contributed by atoms with Crippen molar-refractivity contribution in [2.45, 2.75) is 68.9 Å². The number of sulfonamides is 1. The molecule has 2 heterocycles. The molecule has 1 aromatic carbocycles. The molecule has 10 heteroatoms. The number of ether oxygens (including phenoxy) is 1. The molecule has 0 bridgehead atoms. The molecule has 0 aromatic heterocycles. The summed E-state index contributed by atoms with van der Waals surface area (Å²) < 4.78 is 33.8. The molecule has 0 spiro atoms. The Morgan fingerprint density at radius 2 is 1.86 bits per heavy atom. The Bertz CT molecular complexity index is 1030. The first-order valence-corrected chi connectivity index (χ1v) is 15.7. The molecule has 2 aliphatic heterocycles. The van der Waals surface area contributed by atoms with Gasteiger partial charge in [-0.25, -0.2) is 8.42 Å². The van der Waals surface area contributed by atoms with Crippen molar-refractivity contribution in [1.29, 1.82) is 0 Å². The fraction of sp³-hybridized carbons (Fsp3) is 0.692. The van der Waals surface area contributed by atoms with Crippen molar-refractivity contribution in [3.05, 3.63) is 18.2 Å². The number of amides is 2. The van der Waals surface area contributed by atoms with E-state index in [1.807, 2.05) is 11.8 Å². The molecular formula is C26H39N3O5S2. The van der Waals surface area contributed by atoms with E-state index in [-0.39, 0.29) is 41.7 Å². The topological polar surface area (TPSA) is 96.0 Å². The standard InChI is InChI=1S/C26H39N3O5S2/c1-19-13-20(2)16-28(15-19)36(32,33)22-9-10-24-23(14-22)29(26(31)18-34-24)17-25(30)27-11-6-12-35-21-7-4-3-5-8-21/h9-10,14,19-21H,3-8,11-13,15-18H2,1-2H3,(H,27,30)/t19-,20+. The van der Waals surface area contributed by atoms with Gasteiger partial charge < -0.3 is 10.1 Å². The molecule has 1 saturated carbocycles. The first-order valence-electron chi connectivity index (χ1n) is 13.2. The van der Waals surface area contributed by atoms with Crippen LogP contribution in [0.2, 0.25) is 0 Å². The number of benzene rings is 1. The molecule has 4 rings (SSSR count). The average molecular weight is 538 g/mol. The number of nitrogens with zero attached hydrogens (tertiary/aromatic N) is 2. The van der Waals surface area contributed by atoms with E-state index in [4.69, 9.17) is 4.74 Å². The van der Waals surface area contributed by atoms with Crippen LogP contribution < -0.4 is 15.0 Å². The summed E-state index contributed by atoms with van der Waals surface area (Å²) in [6, 6.07) is 4.58. The summed E-state index contributed by atoms with van der Waals surface area (Å²) in [5, 5.41) is 3.66. The highest BCUT2D eigenvalue weighted by Gasteiger charge is 2.34.